The summed E-state index contributed by atoms with van der Waals surface area (Å²) in [5, 5.41) is 3.35. The van der Waals surface area contributed by atoms with Gasteiger partial charge in [0.2, 0.25) is 5.88 Å². The largest absolute Gasteiger partial charge is 0.437 e. The first-order valence-corrected chi connectivity index (χ1v) is 13.2. The van der Waals surface area contributed by atoms with Crippen molar-refractivity contribution in [1.82, 2.24) is 9.97 Å². The number of aryl methyl sites for hydroxylation is 2. The van der Waals surface area contributed by atoms with E-state index in [0.29, 0.717) is 17.4 Å². The second-order valence-electron chi connectivity index (χ2n) is 9.31. The average molecular weight is 455 g/mol. The first-order valence-electron chi connectivity index (χ1n) is 13.2. The first-order chi connectivity index (χ1) is 16.1. The molecule has 33 heavy (non-hydrogen) atoms. The zero-order valence-corrected chi connectivity index (χ0v) is 21.3. The molecule has 0 saturated carbocycles. The third kappa shape index (κ3) is 10.9. The minimum Gasteiger partial charge on any atom is -0.437 e. The van der Waals surface area contributed by atoms with Gasteiger partial charge in [0.15, 0.2) is 5.82 Å². The first kappa shape index (κ1) is 26.9. The number of nitrogens with two attached hydrogens (primary N) is 1. The maximum Gasteiger partial charge on any atom is 0.248 e. The van der Waals surface area contributed by atoms with Crippen LogP contribution >= 0.6 is 0 Å². The van der Waals surface area contributed by atoms with Gasteiger partial charge in [-0.15, -0.1) is 0 Å². The monoisotopic (exact) mass is 454 g/mol. The fraction of sp³-hybridized carbons (Fsp3) is 0.643. The van der Waals surface area contributed by atoms with Crippen LogP contribution < -0.4 is 15.8 Å². The number of hydrogen-bond donors (Lipinski definition) is 2. The molecule has 0 aliphatic rings. The minimum atomic E-state index is 0.400. The van der Waals surface area contributed by atoms with E-state index in [0.717, 1.165) is 18.7 Å². The Morgan fingerprint density at radius 2 is 1.33 bits per heavy atom. The molecule has 5 heteroatoms. The Balaban J connectivity index is 1.53. The lowest BCUT2D eigenvalue weighted by Gasteiger charge is -2.12. The van der Waals surface area contributed by atoms with Gasteiger partial charge in [-0.1, -0.05) is 96.5 Å². The Labute approximate surface area is 202 Å². The zero-order valence-electron chi connectivity index (χ0n) is 21.3. The highest BCUT2D eigenvalue weighted by atomic mass is 16.5. The molecule has 3 N–H and O–H groups in total. The summed E-state index contributed by atoms with van der Waals surface area (Å²) in [5.74, 6) is 1.79. The van der Waals surface area contributed by atoms with E-state index in [9.17, 15) is 0 Å². The molecule has 1 heterocycles. The highest BCUT2D eigenvalue weighted by Crippen LogP contribution is 2.30. The predicted molar refractivity (Wildman–Crippen MR) is 141 cm³/mol. The molecule has 0 aliphatic heterocycles. The van der Waals surface area contributed by atoms with Crippen LogP contribution in [0.1, 0.15) is 108 Å². The van der Waals surface area contributed by atoms with Crippen molar-refractivity contribution in [2.45, 2.75) is 111 Å². The van der Waals surface area contributed by atoms with Crippen LogP contribution in [0.3, 0.4) is 0 Å². The fourth-order valence-electron chi connectivity index (χ4n) is 4.02. The van der Waals surface area contributed by atoms with Crippen LogP contribution in [0.4, 0.5) is 11.5 Å². The van der Waals surface area contributed by atoms with Crippen molar-refractivity contribution in [2.75, 3.05) is 17.6 Å². The van der Waals surface area contributed by atoms with Gasteiger partial charge in [0, 0.05) is 6.54 Å². The van der Waals surface area contributed by atoms with E-state index in [1.807, 2.05) is 18.2 Å². The number of nitrogens with one attached hydrogen (secondary N) is 1. The summed E-state index contributed by atoms with van der Waals surface area (Å²) in [6.45, 7) is 7.29. The van der Waals surface area contributed by atoms with Crippen LogP contribution in [0.15, 0.2) is 24.5 Å². The van der Waals surface area contributed by atoms with Crippen LogP contribution in [0.5, 0.6) is 11.6 Å². The van der Waals surface area contributed by atoms with Gasteiger partial charge >= 0.3 is 0 Å². The van der Waals surface area contributed by atoms with Crippen molar-refractivity contribution in [3.8, 4) is 11.6 Å². The topological polar surface area (TPSA) is 73.1 Å². The molecule has 184 valence electrons. The molecule has 2 aromatic rings. The van der Waals surface area contributed by atoms with Gasteiger partial charge < -0.3 is 15.8 Å². The molecule has 1 aromatic heterocycles. The molecule has 1 aromatic carbocycles. The Morgan fingerprint density at radius 3 is 1.91 bits per heavy atom. The lowest BCUT2D eigenvalue weighted by atomic mass is 10.0. The van der Waals surface area contributed by atoms with Crippen LogP contribution in [-0.4, -0.2) is 16.5 Å². The molecule has 0 unspecified atom stereocenters. The number of nitrogens with zero attached hydrogens (tertiary/aromatic N) is 2. The smallest absolute Gasteiger partial charge is 0.248 e. The van der Waals surface area contributed by atoms with Gasteiger partial charge in [0.25, 0.3) is 0 Å². The number of hydrogen-bond acceptors (Lipinski definition) is 5. The molecule has 0 radical (unpaired) electrons. The van der Waals surface area contributed by atoms with Gasteiger partial charge in [-0.05, 0) is 43.5 Å². The summed E-state index contributed by atoms with van der Waals surface area (Å²) in [6, 6.07) is 5.97. The van der Waals surface area contributed by atoms with Crippen molar-refractivity contribution in [2.24, 2.45) is 0 Å². The van der Waals surface area contributed by atoms with Crippen molar-refractivity contribution in [3.05, 3.63) is 35.7 Å². The molecule has 0 atom stereocenters. The third-order valence-corrected chi connectivity index (χ3v) is 6.36. The van der Waals surface area contributed by atoms with E-state index in [2.05, 4.69) is 36.1 Å². The van der Waals surface area contributed by atoms with Gasteiger partial charge in [0.1, 0.15) is 17.8 Å². The fourth-order valence-corrected chi connectivity index (χ4v) is 4.02. The summed E-state index contributed by atoms with van der Waals surface area (Å²) in [5.41, 5.74) is 9.11. The van der Waals surface area contributed by atoms with E-state index in [1.54, 1.807) is 0 Å². The highest BCUT2D eigenvalue weighted by Gasteiger charge is 2.10. The molecule has 0 saturated heterocycles. The van der Waals surface area contributed by atoms with E-state index in [-0.39, 0.29) is 0 Å². The predicted octanol–water partition coefficient (Wildman–Crippen LogP) is 8.36. The van der Waals surface area contributed by atoms with E-state index in [4.69, 9.17) is 10.5 Å². The average Bonchev–Trinajstić information content (AvgIpc) is 2.81. The third-order valence-electron chi connectivity index (χ3n) is 6.36. The van der Waals surface area contributed by atoms with Crippen molar-refractivity contribution >= 4 is 11.5 Å². The number of rotatable bonds is 18. The van der Waals surface area contributed by atoms with Crippen molar-refractivity contribution < 1.29 is 4.74 Å². The molecule has 0 bridgehead atoms. The van der Waals surface area contributed by atoms with Gasteiger partial charge in [-0.2, -0.15) is 4.98 Å². The molecule has 0 fully saturated rings. The van der Waals surface area contributed by atoms with E-state index in [1.165, 1.54) is 101 Å². The molecular weight excluding hydrogens is 408 g/mol. The minimum absolute atomic E-state index is 0.400. The Kier molecular flexibility index (Phi) is 13.3. The van der Waals surface area contributed by atoms with Gasteiger partial charge in [0.05, 0.1) is 0 Å². The normalized spacial score (nSPS) is 11.0. The van der Waals surface area contributed by atoms with Crippen LogP contribution in [0.25, 0.3) is 0 Å². The summed E-state index contributed by atoms with van der Waals surface area (Å²) in [4.78, 5) is 8.50. The van der Waals surface area contributed by atoms with Crippen molar-refractivity contribution in [3.63, 3.8) is 0 Å². The van der Waals surface area contributed by atoms with Gasteiger partial charge in [-0.25, -0.2) is 4.98 Å². The molecule has 0 amide bonds. The lowest BCUT2D eigenvalue weighted by molar-refractivity contribution is 0.464. The molecule has 0 aliphatic carbocycles. The second-order valence-corrected chi connectivity index (χ2v) is 9.31. The summed E-state index contributed by atoms with van der Waals surface area (Å²) in [6.07, 6.45) is 20.6. The molecule has 2 rings (SSSR count). The zero-order chi connectivity index (χ0) is 23.7. The summed E-state index contributed by atoms with van der Waals surface area (Å²) in [7, 11) is 0. The molecule has 0 spiro atoms. The Bertz CT molecular complexity index is 793. The number of ether oxygens (including phenoxy) is 1. The molecular formula is C28H46N4O. The van der Waals surface area contributed by atoms with Crippen molar-refractivity contribution in [1.29, 1.82) is 0 Å². The maximum absolute atomic E-state index is 6.25. The SMILES string of the molecule is CCCCCCCCCCCCCCCCNc1ncnc(Oc2ccc(C)c(C)c2)c1N. The van der Waals surface area contributed by atoms with E-state index < -0.39 is 0 Å². The standard InChI is InChI=1S/C28H46N4O/c1-4-5-6-7-8-9-10-11-12-13-14-15-16-17-20-30-27-26(29)28(32-22-31-27)33-25-19-18-23(2)24(3)21-25/h18-19,21-22H,4-17,20,29H2,1-3H3,(H,30,31,32). The second kappa shape index (κ2) is 16.3. The quantitative estimate of drug-likeness (QED) is 0.221. The van der Waals surface area contributed by atoms with Gasteiger partial charge in [-0.3, -0.25) is 0 Å². The van der Waals surface area contributed by atoms with Crippen LogP contribution in [-0.2, 0) is 0 Å². The van der Waals surface area contributed by atoms with Crippen LogP contribution in [0.2, 0.25) is 0 Å². The Hall–Kier alpha value is -2.30. The molecule has 5 nitrogen and oxygen atoms in total. The maximum atomic E-state index is 6.25. The summed E-state index contributed by atoms with van der Waals surface area (Å²) < 4.78 is 5.90. The number of benzene rings is 1. The van der Waals surface area contributed by atoms with E-state index >= 15 is 0 Å². The Morgan fingerprint density at radius 1 is 0.758 bits per heavy atom. The number of aromatic nitrogens is 2. The number of unbranched alkanes of at least 4 members (excludes halogenated alkanes) is 13. The number of nitrogen functional groups attached to an aromatic ring is 1. The summed E-state index contributed by atoms with van der Waals surface area (Å²) >= 11 is 0. The highest BCUT2D eigenvalue weighted by molar-refractivity contribution is 5.66. The number of anilines is 2. The van der Waals surface area contributed by atoms with Crippen LogP contribution in [0, 0.1) is 13.8 Å². The lowest BCUT2D eigenvalue weighted by Crippen LogP contribution is -2.08.